The fraction of sp³-hybridized carbons (Fsp3) is 0.462. The van der Waals surface area contributed by atoms with Crippen molar-refractivity contribution in [3.05, 3.63) is 34.9 Å². The third-order valence-corrected chi connectivity index (χ3v) is 2.62. The number of benzene rings is 1. The summed E-state index contributed by atoms with van der Waals surface area (Å²) in [6.45, 7) is 4.14. The van der Waals surface area contributed by atoms with E-state index >= 15 is 0 Å². The molecular weight excluding hydrogens is 222 g/mol. The molecule has 0 fully saturated rings. The normalized spacial score (nSPS) is 12.2. The first-order chi connectivity index (χ1) is 7.61. The van der Waals surface area contributed by atoms with Crippen LogP contribution in [-0.4, -0.2) is 11.9 Å². The molecule has 0 aliphatic rings. The molecule has 0 saturated heterocycles. The fourth-order valence-electron chi connectivity index (χ4n) is 1.66. The van der Waals surface area contributed by atoms with Gasteiger partial charge in [0.1, 0.15) is 0 Å². The molecule has 0 saturated carbocycles. The summed E-state index contributed by atoms with van der Waals surface area (Å²) in [6, 6.07) is 7.65. The van der Waals surface area contributed by atoms with E-state index in [2.05, 4.69) is 12.2 Å². The van der Waals surface area contributed by atoms with E-state index in [1.54, 1.807) is 0 Å². The quantitative estimate of drug-likeness (QED) is 0.840. The minimum Gasteiger partial charge on any atom is -0.353 e. The average molecular weight is 240 g/mol. The molecule has 0 aliphatic heterocycles. The Bertz CT molecular complexity index is 352. The topological polar surface area (TPSA) is 29.1 Å². The van der Waals surface area contributed by atoms with Crippen LogP contribution in [0.1, 0.15) is 32.3 Å². The predicted molar refractivity (Wildman–Crippen MR) is 67.7 cm³/mol. The van der Waals surface area contributed by atoms with Crippen molar-refractivity contribution in [1.82, 2.24) is 5.32 Å². The molecule has 0 aliphatic carbocycles. The molecule has 1 aromatic carbocycles. The van der Waals surface area contributed by atoms with Crippen LogP contribution in [-0.2, 0) is 11.2 Å². The Balaban J connectivity index is 2.45. The minimum atomic E-state index is 0.0585. The highest BCUT2D eigenvalue weighted by molar-refractivity contribution is 6.30. The monoisotopic (exact) mass is 239 g/mol. The molecule has 0 unspecified atom stereocenters. The summed E-state index contributed by atoms with van der Waals surface area (Å²) >= 11 is 5.85. The third kappa shape index (κ3) is 4.67. The lowest BCUT2D eigenvalue weighted by Gasteiger charge is -2.12. The number of amides is 1. The summed E-state index contributed by atoms with van der Waals surface area (Å²) in [5, 5.41) is 3.64. The van der Waals surface area contributed by atoms with E-state index in [4.69, 9.17) is 11.6 Å². The number of nitrogens with one attached hydrogen (secondary N) is 1. The molecule has 0 heterocycles. The van der Waals surface area contributed by atoms with E-state index in [0.717, 1.165) is 18.4 Å². The predicted octanol–water partition coefficient (Wildman–Crippen LogP) is 3.19. The maximum absolute atomic E-state index is 11.7. The number of hydrogen-bond donors (Lipinski definition) is 1. The molecule has 16 heavy (non-hydrogen) atoms. The molecule has 1 N–H and O–H groups in total. The van der Waals surface area contributed by atoms with Crippen LogP contribution in [0, 0.1) is 0 Å². The molecule has 3 heteroatoms. The van der Waals surface area contributed by atoms with Gasteiger partial charge in [-0.25, -0.2) is 0 Å². The van der Waals surface area contributed by atoms with Gasteiger partial charge in [0.25, 0.3) is 0 Å². The maximum atomic E-state index is 11.7. The molecule has 1 rings (SSSR count). The Morgan fingerprint density at radius 1 is 1.50 bits per heavy atom. The molecular formula is C13H18ClNO. The number of rotatable bonds is 5. The van der Waals surface area contributed by atoms with Crippen molar-refractivity contribution in [3.63, 3.8) is 0 Å². The summed E-state index contributed by atoms with van der Waals surface area (Å²) in [4.78, 5) is 11.7. The van der Waals surface area contributed by atoms with Crippen LogP contribution in [0.25, 0.3) is 0 Å². The molecule has 0 spiro atoms. The van der Waals surface area contributed by atoms with Gasteiger partial charge in [0.15, 0.2) is 0 Å². The van der Waals surface area contributed by atoms with Crippen LogP contribution in [0.3, 0.4) is 0 Å². The van der Waals surface area contributed by atoms with Crippen molar-refractivity contribution >= 4 is 17.5 Å². The van der Waals surface area contributed by atoms with Gasteiger partial charge < -0.3 is 5.32 Å². The molecule has 0 radical (unpaired) electrons. The maximum Gasteiger partial charge on any atom is 0.224 e. The van der Waals surface area contributed by atoms with Gasteiger partial charge in [0.2, 0.25) is 5.91 Å². The second-order valence-corrected chi connectivity index (χ2v) is 4.50. The average Bonchev–Trinajstić information content (AvgIpc) is 2.17. The number of hydrogen-bond acceptors (Lipinski definition) is 1. The third-order valence-electron chi connectivity index (χ3n) is 2.38. The molecule has 88 valence electrons. The van der Waals surface area contributed by atoms with E-state index in [1.165, 1.54) is 0 Å². The van der Waals surface area contributed by atoms with Crippen LogP contribution >= 0.6 is 11.6 Å². The number of halogens is 1. The van der Waals surface area contributed by atoms with Crippen molar-refractivity contribution < 1.29 is 4.79 Å². The van der Waals surface area contributed by atoms with Gasteiger partial charge >= 0.3 is 0 Å². The van der Waals surface area contributed by atoms with Crippen molar-refractivity contribution in [1.29, 1.82) is 0 Å². The fourth-order valence-corrected chi connectivity index (χ4v) is 1.88. The molecule has 1 aromatic rings. The lowest BCUT2D eigenvalue weighted by atomic mass is 10.1. The Hall–Kier alpha value is -1.02. The Kier molecular flexibility index (Phi) is 5.33. The van der Waals surface area contributed by atoms with Crippen molar-refractivity contribution in [2.24, 2.45) is 0 Å². The summed E-state index contributed by atoms with van der Waals surface area (Å²) in [7, 11) is 0. The summed E-state index contributed by atoms with van der Waals surface area (Å²) in [6.07, 6.45) is 2.49. The number of carbonyl (C=O) groups is 1. The first kappa shape index (κ1) is 13.0. The van der Waals surface area contributed by atoms with Gasteiger partial charge in [-0.05, 0) is 31.0 Å². The van der Waals surface area contributed by atoms with E-state index in [-0.39, 0.29) is 11.9 Å². The highest BCUT2D eigenvalue weighted by atomic mass is 35.5. The Morgan fingerprint density at radius 3 is 2.88 bits per heavy atom. The zero-order valence-electron chi connectivity index (χ0n) is 9.79. The van der Waals surface area contributed by atoms with Crippen molar-refractivity contribution in [2.75, 3.05) is 0 Å². The molecule has 1 amide bonds. The smallest absolute Gasteiger partial charge is 0.224 e. The summed E-state index contributed by atoms with van der Waals surface area (Å²) in [5.74, 6) is 0.0585. The van der Waals surface area contributed by atoms with E-state index in [9.17, 15) is 4.79 Å². The van der Waals surface area contributed by atoms with Gasteiger partial charge in [-0.2, -0.15) is 0 Å². The van der Waals surface area contributed by atoms with Crippen LogP contribution < -0.4 is 5.32 Å². The van der Waals surface area contributed by atoms with E-state index in [0.29, 0.717) is 11.4 Å². The second-order valence-electron chi connectivity index (χ2n) is 4.06. The highest BCUT2D eigenvalue weighted by Crippen LogP contribution is 2.11. The van der Waals surface area contributed by atoms with Crippen molar-refractivity contribution in [3.8, 4) is 0 Å². The molecule has 2 nitrogen and oxygen atoms in total. The van der Waals surface area contributed by atoms with Crippen LogP contribution in [0.4, 0.5) is 0 Å². The summed E-state index contributed by atoms with van der Waals surface area (Å²) in [5.41, 5.74) is 0.952. The van der Waals surface area contributed by atoms with E-state index < -0.39 is 0 Å². The van der Waals surface area contributed by atoms with Crippen molar-refractivity contribution in [2.45, 2.75) is 39.2 Å². The Morgan fingerprint density at radius 2 is 2.25 bits per heavy atom. The van der Waals surface area contributed by atoms with E-state index in [1.807, 2.05) is 31.2 Å². The lowest BCUT2D eigenvalue weighted by molar-refractivity contribution is -0.121. The minimum absolute atomic E-state index is 0.0585. The zero-order valence-corrected chi connectivity index (χ0v) is 10.6. The van der Waals surface area contributed by atoms with Crippen LogP contribution in [0.15, 0.2) is 24.3 Å². The second kappa shape index (κ2) is 6.54. The lowest BCUT2D eigenvalue weighted by Crippen LogP contribution is -2.33. The first-order valence-electron chi connectivity index (χ1n) is 5.65. The molecule has 1 atom stereocenters. The van der Waals surface area contributed by atoms with Gasteiger partial charge in [-0.3, -0.25) is 4.79 Å². The standard InChI is InChI=1S/C13H18ClNO/c1-3-5-10(2)15-13(16)9-11-6-4-7-12(14)8-11/h4,6-8,10H,3,5,9H2,1-2H3,(H,15,16)/t10-/m0/s1. The van der Waals surface area contributed by atoms with Gasteiger partial charge in [0, 0.05) is 11.1 Å². The Labute approximate surface area is 102 Å². The largest absolute Gasteiger partial charge is 0.353 e. The van der Waals surface area contributed by atoms with Crippen LogP contribution in [0.5, 0.6) is 0 Å². The van der Waals surface area contributed by atoms with Crippen LogP contribution in [0.2, 0.25) is 5.02 Å². The molecule has 0 aromatic heterocycles. The zero-order chi connectivity index (χ0) is 12.0. The van der Waals surface area contributed by atoms with Gasteiger partial charge in [-0.15, -0.1) is 0 Å². The number of carbonyl (C=O) groups excluding carboxylic acids is 1. The highest BCUT2D eigenvalue weighted by Gasteiger charge is 2.07. The molecule has 0 bridgehead atoms. The van der Waals surface area contributed by atoms with Gasteiger partial charge in [0.05, 0.1) is 6.42 Å². The van der Waals surface area contributed by atoms with Gasteiger partial charge in [-0.1, -0.05) is 37.1 Å². The summed E-state index contributed by atoms with van der Waals surface area (Å²) < 4.78 is 0. The first-order valence-corrected chi connectivity index (χ1v) is 6.03. The SMILES string of the molecule is CCC[C@H](C)NC(=O)Cc1cccc(Cl)c1.